The fourth-order valence-corrected chi connectivity index (χ4v) is 3.55. The lowest BCUT2D eigenvalue weighted by molar-refractivity contribution is 0.170. The first-order valence-corrected chi connectivity index (χ1v) is 10.3. The maximum Gasteiger partial charge on any atom is 0.217 e. The molecule has 30 heavy (non-hydrogen) atoms. The molecule has 0 bridgehead atoms. The number of hydrogen-bond donors (Lipinski definition) is 3. The van der Waals surface area contributed by atoms with Crippen LogP contribution >= 0.6 is 0 Å². The first kappa shape index (κ1) is 22.0. The highest BCUT2D eigenvalue weighted by Crippen LogP contribution is 2.26. The van der Waals surface area contributed by atoms with Crippen molar-refractivity contribution < 1.29 is 14.9 Å². The van der Waals surface area contributed by atoms with E-state index in [0.29, 0.717) is 12.4 Å². The molecule has 3 rings (SSSR count). The summed E-state index contributed by atoms with van der Waals surface area (Å²) in [6.45, 7) is 2.41. The van der Waals surface area contributed by atoms with Crippen LogP contribution in [-0.2, 0) is 19.4 Å². The van der Waals surface area contributed by atoms with E-state index in [1.807, 2.05) is 18.2 Å². The van der Waals surface area contributed by atoms with E-state index < -0.39 is 0 Å². The van der Waals surface area contributed by atoms with Crippen LogP contribution in [0.25, 0.3) is 11.1 Å². The number of nitrogens with zero attached hydrogens (tertiary/aromatic N) is 1. The van der Waals surface area contributed by atoms with Gasteiger partial charge in [0.15, 0.2) is 0 Å². The molecule has 5 nitrogen and oxygen atoms in total. The molecule has 0 saturated heterocycles. The summed E-state index contributed by atoms with van der Waals surface area (Å²) in [5.74, 6) is 0.574. The van der Waals surface area contributed by atoms with E-state index >= 15 is 0 Å². The van der Waals surface area contributed by atoms with E-state index in [9.17, 15) is 10.2 Å². The molecule has 3 N–H and O–H groups in total. The molecule has 158 valence electrons. The Kier molecular flexibility index (Phi) is 7.97. The zero-order valence-electron chi connectivity index (χ0n) is 17.6. The minimum absolute atomic E-state index is 0.119. The lowest BCUT2D eigenvalue weighted by Gasteiger charge is -2.15. The highest BCUT2D eigenvalue weighted by atomic mass is 16.5. The van der Waals surface area contributed by atoms with Crippen LogP contribution in [0.5, 0.6) is 5.88 Å². The smallest absolute Gasteiger partial charge is 0.217 e. The SMILES string of the molecule is COc1nc(CCc2cccc(-c3ccccc3)c2C)ccc1CNC(CO)CO. The first-order valence-electron chi connectivity index (χ1n) is 10.3. The van der Waals surface area contributed by atoms with Gasteiger partial charge < -0.3 is 20.3 Å². The van der Waals surface area contributed by atoms with Crippen LogP contribution in [0.2, 0.25) is 0 Å². The Hall–Kier alpha value is -2.73. The number of pyridine rings is 1. The second-order valence-corrected chi connectivity index (χ2v) is 7.37. The quantitative estimate of drug-likeness (QED) is 0.482. The molecule has 0 spiro atoms. The molecule has 5 heteroatoms. The van der Waals surface area contributed by atoms with Crippen molar-refractivity contribution in [1.82, 2.24) is 10.3 Å². The molecule has 0 fully saturated rings. The Labute approximate surface area is 178 Å². The Morgan fingerprint density at radius 1 is 0.900 bits per heavy atom. The van der Waals surface area contributed by atoms with Crippen LogP contribution in [0.4, 0.5) is 0 Å². The fourth-order valence-electron chi connectivity index (χ4n) is 3.55. The maximum absolute atomic E-state index is 9.20. The van der Waals surface area contributed by atoms with E-state index in [4.69, 9.17) is 4.74 Å². The molecule has 0 saturated carbocycles. The molecule has 2 aromatic carbocycles. The zero-order chi connectivity index (χ0) is 21.3. The summed E-state index contributed by atoms with van der Waals surface area (Å²) >= 11 is 0. The van der Waals surface area contributed by atoms with Gasteiger partial charge in [0.05, 0.1) is 26.4 Å². The maximum atomic E-state index is 9.20. The first-order chi connectivity index (χ1) is 14.7. The van der Waals surface area contributed by atoms with Crippen molar-refractivity contribution in [2.45, 2.75) is 32.4 Å². The molecule has 0 unspecified atom stereocenters. The second-order valence-electron chi connectivity index (χ2n) is 7.37. The summed E-state index contributed by atoms with van der Waals surface area (Å²) < 4.78 is 5.46. The second kappa shape index (κ2) is 10.9. The lowest BCUT2D eigenvalue weighted by atomic mass is 9.94. The molecule has 0 aliphatic heterocycles. The van der Waals surface area contributed by atoms with E-state index in [1.165, 1.54) is 22.3 Å². The van der Waals surface area contributed by atoms with Crippen molar-refractivity contribution >= 4 is 0 Å². The molecule has 1 heterocycles. The van der Waals surface area contributed by atoms with Crippen molar-refractivity contribution in [1.29, 1.82) is 0 Å². The fraction of sp³-hybridized carbons (Fsp3) is 0.320. The van der Waals surface area contributed by atoms with Crippen LogP contribution in [0.15, 0.2) is 60.7 Å². The van der Waals surface area contributed by atoms with Gasteiger partial charge in [0.25, 0.3) is 0 Å². The Morgan fingerprint density at radius 2 is 1.67 bits per heavy atom. The van der Waals surface area contributed by atoms with Crippen LogP contribution in [0, 0.1) is 6.92 Å². The Bertz CT molecular complexity index is 940. The monoisotopic (exact) mass is 406 g/mol. The summed E-state index contributed by atoms with van der Waals surface area (Å²) in [5, 5.41) is 21.5. The number of aryl methyl sites for hydroxylation is 2. The molecular formula is C25H30N2O3. The molecule has 0 radical (unpaired) electrons. The van der Waals surface area contributed by atoms with Gasteiger partial charge in [0.1, 0.15) is 0 Å². The molecule has 0 atom stereocenters. The van der Waals surface area contributed by atoms with Crippen LogP contribution < -0.4 is 10.1 Å². The normalized spacial score (nSPS) is 11.1. The third kappa shape index (κ3) is 5.45. The van der Waals surface area contributed by atoms with Gasteiger partial charge in [-0.05, 0) is 48.1 Å². The summed E-state index contributed by atoms with van der Waals surface area (Å²) in [5.41, 5.74) is 6.99. The summed E-state index contributed by atoms with van der Waals surface area (Å²) in [7, 11) is 1.61. The summed E-state index contributed by atoms with van der Waals surface area (Å²) in [6, 6.07) is 20.6. The predicted molar refractivity (Wildman–Crippen MR) is 120 cm³/mol. The number of aliphatic hydroxyl groups is 2. The number of methoxy groups -OCH3 is 1. The van der Waals surface area contributed by atoms with Crippen LogP contribution in [-0.4, -0.2) is 41.6 Å². The molecule has 0 aliphatic rings. The lowest BCUT2D eigenvalue weighted by Crippen LogP contribution is -2.35. The summed E-state index contributed by atoms with van der Waals surface area (Å²) in [6.07, 6.45) is 1.72. The third-order valence-corrected chi connectivity index (χ3v) is 5.39. The van der Waals surface area contributed by atoms with Gasteiger partial charge in [0.2, 0.25) is 5.88 Å². The van der Waals surface area contributed by atoms with Crippen molar-refractivity contribution in [2.75, 3.05) is 20.3 Å². The Balaban J connectivity index is 1.70. The predicted octanol–water partition coefficient (Wildman–Crippen LogP) is 3.29. The average molecular weight is 407 g/mol. The van der Waals surface area contributed by atoms with E-state index in [0.717, 1.165) is 24.1 Å². The number of hydrogen-bond acceptors (Lipinski definition) is 5. The highest BCUT2D eigenvalue weighted by Gasteiger charge is 2.11. The minimum Gasteiger partial charge on any atom is -0.481 e. The molecule has 3 aromatic rings. The van der Waals surface area contributed by atoms with Crippen LogP contribution in [0.3, 0.4) is 0 Å². The van der Waals surface area contributed by atoms with Gasteiger partial charge in [-0.3, -0.25) is 0 Å². The summed E-state index contributed by atoms with van der Waals surface area (Å²) in [4.78, 5) is 4.66. The van der Waals surface area contributed by atoms with Crippen molar-refractivity contribution in [2.24, 2.45) is 0 Å². The largest absolute Gasteiger partial charge is 0.481 e. The molecule has 1 aromatic heterocycles. The number of ether oxygens (including phenoxy) is 1. The third-order valence-electron chi connectivity index (χ3n) is 5.39. The number of benzene rings is 2. The zero-order valence-corrected chi connectivity index (χ0v) is 17.6. The standard InChI is InChI=1S/C25H30N2O3/c1-18-19(9-6-10-24(18)20-7-4-3-5-8-20)11-13-22-14-12-21(25(27-22)30-2)15-26-23(16-28)17-29/h3-10,12,14,23,26,28-29H,11,13,15-17H2,1-2H3. The van der Waals surface area contributed by atoms with E-state index in [1.54, 1.807) is 7.11 Å². The van der Waals surface area contributed by atoms with Gasteiger partial charge in [-0.2, -0.15) is 0 Å². The molecular weight excluding hydrogens is 376 g/mol. The minimum atomic E-state index is -0.353. The van der Waals surface area contributed by atoms with E-state index in [2.05, 4.69) is 59.7 Å². The average Bonchev–Trinajstić information content (AvgIpc) is 2.80. The highest BCUT2D eigenvalue weighted by molar-refractivity contribution is 5.68. The van der Waals surface area contributed by atoms with Crippen molar-refractivity contribution in [3.05, 3.63) is 83.0 Å². The van der Waals surface area contributed by atoms with Crippen molar-refractivity contribution in [3.63, 3.8) is 0 Å². The van der Waals surface area contributed by atoms with Crippen LogP contribution in [0.1, 0.15) is 22.4 Å². The Morgan fingerprint density at radius 3 is 2.37 bits per heavy atom. The van der Waals surface area contributed by atoms with Gasteiger partial charge >= 0.3 is 0 Å². The van der Waals surface area contributed by atoms with Gasteiger partial charge in [-0.15, -0.1) is 0 Å². The number of nitrogens with one attached hydrogen (secondary N) is 1. The topological polar surface area (TPSA) is 74.6 Å². The van der Waals surface area contributed by atoms with Gasteiger partial charge in [0, 0.05) is 17.8 Å². The molecule has 0 aliphatic carbocycles. The van der Waals surface area contributed by atoms with E-state index in [-0.39, 0.29) is 19.3 Å². The van der Waals surface area contributed by atoms with Gasteiger partial charge in [-0.1, -0.05) is 54.6 Å². The van der Waals surface area contributed by atoms with Crippen molar-refractivity contribution in [3.8, 4) is 17.0 Å². The molecule has 0 amide bonds. The van der Waals surface area contributed by atoms with Gasteiger partial charge in [-0.25, -0.2) is 4.98 Å². The number of aromatic nitrogens is 1. The number of aliphatic hydroxyl groups excluding tert-OH is 2. The number of rotatable bonds is 10.